The summed E-state index contributed by atoms with van der Waals surface area (Å²) >= 11 is 6.03. The number of carbonyl (C=O) groups excluding carboxylic acids is 1. The molecule has 22 heavy (non-hydrogen) atoms. The van der Waals surface area contributed by atoms with E-state index in [1.807, 2.05) is 0 Å². The fourth-order valence-electron chi connectivity index (χ4n) is 1.46. The predicted octanol–water partition coefficient (Wildman–Crippen LogP) is 3.54. The van der Waals surface area contributed by atoms with Gasteiger partial charge in [0, 0.05) is 5.02 Å². The third-order valence-electron chi connectivity index (χ3n) is 2.41. The minimum Gasteiger partial charge on any atom is -0.483 e. The lowest BCUT2D eigenvalue weighted by atomic mass is 10.2. The molecular weight excluding hydrogens is 343 g/mol. The molecule has 2 aromatic rings. The number of aryl methyl sites for hydroxylation is 1. The standard InChI is InChI=1S/C12H9ClF3N3O2S/c1-6-4-7(13)2-3-8(6)21-5-9(20)17-11-19-18-10(22-11)12(14,15)16/h2-4H,5H2,1H3,(H,17,19,20). The lowest BCUT2D eigenvalue weighted by Gasteiger charge is -2.08. The molecule has 0 fully saturated rings. The van der Waals surface area contributed by atoms with Crippen molar-refractivity contribution in [1.29, 1.82) is 0 Å². The number of hydrogen-bond donors (Lipinski definition) is 1. The molecule has 0 atom stereocenters. The molecule has 10 heteroatoms. The first-order valence-electron chi connectivity index (χ1n) is 5.85. The van der Waals surface area contributed by atoms with Gasteiger partial charge < -0.3 is 4.74 Å². The molecule has 1 aromatic carbocycles. The van der Waals surface area contributed by atoms with Gasteiger partial charge in [-0.15, -0.1) is 10.2 Å². The molecule has 0 saturated carbocycles. The maximum absolute atomic E-state index is 12.3. The Hall–Kier alpha value is -1.87. The highest BCUT2D eigenvalue weighted by Gasteiger charge is 2.35. The fourth-order valence-corrected chi connectivity index (χ4v) is 2.32. The van der Waals surface area contributed by atoms with Crippen LogP contribution in [-0.4, -0.2) is 22.7 Å². The molecule has 1 heterocycles. The summed E-state index contributed by atoms with van der Waals surface area (Å²) in [7, 11) is 0. The second-order valence-electron chi connectivity index (χ2n) is 4.16. The van der Waals surface area contributed by atoms with Gasteiger partial charge in [0.05, 0.1) is 0 Å². The highest BCUT2D eigenvalue weighted by Crippen LogP contribution is 2.32. The van der Waals surface area contributed by atoms with Gasteiger partial charge in [-0.1, -0.05) is 22.9 Å². The number of halogens is 4. The Morgan fingerprint density at radius 1 is 1.41 bits per heavy atom. The Bertz CT molecular complexity index is 690. The summed E-state index contributed by atoms with van der Waals surface area (Å²) in [4.78, 5) is 11.6. The molecule has 0 aliphatic rings. The molecule has 0 radical (unpaired) electrons. The van der Waals surface area contributed by atoms with Gasteiger partial charge in [-0.3, -0.25) is 10.1 Å². The zero-order chi connectivity index (χ0) is 16.3. The van der Waals surface area contributed by atoms with Crippen LogP contribution in [0, 0.1) is 6.92 Å². The zero-order valence-electron chi connectivity index (χ0n) is 11.1. The van der Waals surface area contributed by atoms with E-state index in [0.29, 0.717) is 10.8 Å². The third kappa shape index (κ3) is 4.31. The lowest BCUT2D eigenvalue weighted by Crippen LogP contribution is -2.20. The van der Waals surface area contributed by atoms with Gasteiger partial charge in [-0.25, -0.2) is 0 Å². The molecule has 0 bridgehead atoms. The topological polar surface area (TPSA) is 64.1 Å². The van der Waals surface area contributed by atoms with Crippen LogP contribution in [0.15, 0.2) is 18.2 Å². The third-order valence-corrected chi connectivity index (χ3v) is 3.53. The van der Waals surface area contributed by atoms with Crippen LogP contribution in [0.1, 0.15) is 10.6 Å². The number of ether oxygens (including phenoxy) is 1. The van der Waals surface area contributed by atoms with Crippen molar-refractivity contribution < 1.29 is 22.7 Å². The van der Waals surface area contributed by atoms with Gasteiger partial charge in [0.15, 0.2) is 6.61 Å². The molecule has 0 unspecified atom stereocenters. The van der Waals surface area contributed by atoms with Gasteiger partial charge in [0.1, 0.15) is 5.75 Å². The predicted molar refractivity (Wildman–Crippen MR) is 75.2 cm³/mol. The normalized spacial score (nSPS) is 11.3. The Kier molecular flexibility index (Phi) is 4.87. The highest BCUT2D eigenvalue weighted by atomic mass is 35.5. The lowest BCUT2D eigenvalue weighted by molar-refractivity contribution is -0.138. The average Bonchev–Trinajstić information content (AvgIpc) is 2.86. The number of amides is 1. The highest BCUT2D eigenvalue weighted by molar-refractivity contribution is 7.15. The van der Waals surface area contributed by atoms with Gasteiger partial charge in [-0.05, 0) is 30.7 Å². The van der Waals surface area contributed by atoms with Crippen molar-refractivity contribution in [3.8, 4) is 5.75 Å². The largest absolute Gasteiger partial charge is 0.483 e. The summed E-state index contributed by atoms with van der Waals surface area (Å²) in [5.74, 6) is -0.188. The fraction of sp³-hybridized carbons (Fsp3) is 0.250. The second-order valence-corrected chi connectivity index (χ2v) is 5.57. The van der Waals surface area contributed by atoms with Crippen molar-refractivity contribution in [2.45, 2.75) is 13.1 Å². The van der Waals surface area contributed by atoms with Crippen LogP contribution in [-0.2, 0) is 11.0 Å². The quantitative estimate of drug-likeness (QED) is 0.915. The molecule has 0 aliphatic carbocycles. The molecule has 2 rings (SSSR count). The maximum Gasteiger partial charge on any atom is 0.445 e. The van der Waals surface area contributed by atoms with E-state index in [1.165, 1.54) is 0 Å². The van der Waals surface area contributed by atoms with Crippen LogP contribution in [0.5, 0.6) is 5.75 Å². The first-order valence-corrected chi connectivity index (χ1v) is 7.04. The van der Waals surface area contributed by atoms with Crippen molar-refractivity contribution in [3.63, 3.8) is 0 Å². The minimum atomic E-state index is -4.59. The van der Waals surface area contributed by atoms with E-state index in [9.17, 15) is 18.0 Å². The molecule has 1 aromatic heterocycles. The Labute approximate surface area is 132 Å². The first-order chi connectivity index (χ1) is 10.3. The molecule has 1 amide bonds. The van der Waals surface area contributed by atoms with E-state index in [2.05, 4.69) is 15.5 Å². The molecule has 0 saturated heterocycles. The summed E-state index contributed by atoms with van der Waals surface area (Å²) in [6, 6.07) is 4.86. The SMILES string of the molecule is Cc1cc(Cl)ccc1OCC(=O)Nc1nnc(C(F)(F)F)s1. The zero-order valence-corrected chi connectivity index (χ0v) is 12.6. The van der Waals surface area contributed by atoms with Crippen LogP contribution >= 0.6 is 22.9 Å². The van der Waals surface area contributed by atoms with E-state index in [4.69, 9.17) is 16.3 Å². The van der Waals surface area contributed by atoms with Gasteiger partial charge >= 0.3 is 6.18 Å². The summed E-state index contributed by atoms with van der Waals surface area (Å²) in [6.07, 6.45) is -4.59. The Morgan fingerprint density at radius 3 is 2.73 bits per heavy atom. The van der Waals surface area contributed by atoms with Crippen molar-refractivity contribution in [1.82, 2.24) is 10.2 Å². The molecule has 0 aliphatic heterocycles. The van der Waals surface area contributed by atoms with E-state index in [-0.39, 0.29) is 23.1 Å². The van der Waals surface area contributed by atoms with E-state index in [1.54, 1.807) is 25.1 Å². The van der Waals surface area contributed by atoms with Crippen LogP contribution in [0.4, 0.5) is 18.3 Å². The second kappa shape index (κ2) is 6.49. The molecule has 118 valence electrons. The first kappa shape index (κ1) is 16.5. The van der Waals surface area contributed by atoms with Crippen molar-refractivity contribution in [3.05, 3.63) is 33.8 Å². The summed E-state index contributed by atoms with van der Waals surface area (Å²) < 4.78 is 42.3. The summed E-state index contributed by atoms with van der Waals surface area (Å²) in [6.45, 7) is 1.38. The van der Waals surface area contributed by atoms with Gasteiger partial charge in [0.25, 0.3) is 5.91 Å². The average molecular weight is 352 g/mol. The number of benzene rings is 1. The van der Waals surface area contributed by atoms with E-state index < -0.39 is 17.1 Å². The van der Waals surface area contributed by atoms with Crippen LogP contribution < -0.4 is 10.1 Å². The van der Waals surface area contributed by atoms with Crippen molar-refractivity contribution in [2.75, 3.05) is 11.9 Å². The molecule has 0 spiro atoms. The maximum atomic E-state index is 12.3. The number of alkyl halides is 3. The number of anilines is 1. The smallest absolute Gasteiger partial charge is 0.445 e. The number of aromatic nitrogens is 2. The Morgan fingerprint density at radius 2 is 2.14 bits per heavy atom. The van der Waals surface area contributed by atoms with Gasteiger partial charge in [0.2, 0.25) is 10.1 Å². The molecule has 5 nitrogen and oxygen atoms in total. The summed E-state index contributed by atoms with van der Waals surface area (Å²) in [5, 5.41) is 7.56. The summed E-state index contributed by atoms with van der Waals surface area (Å²) in [5.41, 5.74) is 0.732. The van der Waals surface area contributed by atoms with Crippen molar-refractivity contribution in [2.24, 2.45) is 0 Å². The monoisotopic (exact) mass is 351 g/mol. The minimum absolute atomic E-state index is 0.242. The number of nitrogens with one attached hydrogen (secondary N) is 1. The number of nitrogens with zero attached hydrogens (tertiary/aromatic N) is 2. The van der Waals surface area contributed by atoms with Crippen LogP contribution in [0.2, 0.25) is 5.02 Å². The molecule has 1 N–H and O–H groups in total. The van der Waals surface area contributed by atoms with Gasteiger partial charge in [-0.2, -0.15) is 13.2 Å². The number of rotatable bonds is 4. The molecular formula is C12H9ClF3N3O2S. The van der Waals surface area contributed by atoms with Crippen molar-refractivity contribution >= 4 is 34.0 Å². The van der Waals surface area contributed by atoms with E-state index >= 15 is 0 Å². The number of carbonyl (C=O) groups is 1. The Balaban J connectivity index is 1.92. The van der Waals surface area contributed by atoms with Crippen LogP contribution in [0.3, 0.4) is 0 Å². The van der Waals surface area contributed by atoms with E-state index in [0.717, 1.165) is 5.56 Å². The van der Waals surface area contributed by atoms with Crippen LogP contribution in [0.25, 0.3) is 0 Å². The number of hydrogen-bond acceptors (Lipinski definition) is 5.